The van der Waals surface area contributed by atoms with E-state index in [-0.39, 0.29) is 17.2 Å². The van der Waals surface area contributed by atoms with Crippen LogP contribution in [0.2, 0.25) is 5.02 Å². The van der Waals surface area contributed by atoms with Crippen LogP contribution in [0.4, 0.5) is 5.69 Å². The fourth-order valence-electron chi connectivity index (χ4n) is 3.91. The third-order valence-corrected chi connectivity index (χ3v) is 7.68. The number of allylic oxidation sites excluding steroid dienone is 1. The van der Waals surface area contributed by atoms with Gasteiger partial charge in [0.05, 0.1) is 31.0 Å². The summed E-state index contributed by atoms with van der Waals surface area (Å²) in [6.45, 7) is 0.792. The summed E-state index contributed by atoms with van der Waals surface area (Å²) < 4.78 is 38.5. The predicted molar refractivity (Wildman–Crippen MR) is 154 cm³/mol. The molecule has 2 N–H and O–H groups in total. The number of anilines is 1. The highest BCUT2D eigenvalue weighted by atomic mass is 35.5. The van der Waals surface area contributed by atoms with Crippen LogP contribution in [0.3, 0.4) is 0 Å². The Kier molecular flexibility index (Phi) is 9.19. The van der Waals surface area contributed by atoms with Crippen LogP contribution in [0.25, 0.3) is 16.8 Å². The van der Waals surface area contributed by atoms with E-state index in [0.29, 0.717) is 35.1 Å². The highest BCUT2D eigenvalue weighted by molar-refractivity contribution is 7.89. The zero-order chi connectivity index (χ0) is 27.8. The number of ether oxygens (including phenoxy) is 2. The molecular weight excluding hydrogens is 538 g/mol. The number of methoxy groups -OCH3 is 2. The van der Waals surface area contributed by atoms with Crippen molar-refractivity contribution in [3.8, 4) is 11.5 Å². The molecule has 39 heavy (non-hydrogen) atoms. The summed E-state index contributed by atoms with van der Waals surface area (Å²) in [6.07, 6.45) is 7.12. The van der Waals surface area contributed by atoms with Gasteiger partial charge in [-0.2, -0.15) is 0 Å². The lowest BCUT2D eigenvalue weighted by molar-refractivity contribution is 0.104. The topological polar surface area (TPSA) is 107 Å². The van der Waals surface area contributed by atoms with Crippen LogP contribution in [-0.2, 0) is 10.0 Å². The molecule has 0 amide bonds. The second-order valence-electron chi connectivity index (χ2n) is 8.57. The summed E-state index contributed by atoms with van der Waals surface area (Å²) >= 11 is 6.05. The number of carbonyl (C=O) groups is 1. The summed E-state index contributed by atoms with van der Waals surface area (Å²) in [6, 6.07) is 16.7. The lowest BCUT2D eigenvalue weighted by Crippen LogP contribution is -2.26. The quantitative estimate of drug-likeness (QED) is 0.131. The highest BCUT2D eigenvalue weighted by Gasteiger charge is 2.14. The molecule has 0 bridgehead atoms. The van der Waals surface area contributed by atoms with Crippen LogP contribution < -0.4 is 19.5 Å². The Balaban J connectivity index is 1.29. The smallest absolute Gasteiger partial charge is 0.240 e. The fraction of sp³-hybridized carbons (Fsp3) is 0.172. The zero-order valence-corrected chi connectivity index (χ0v) is 23.1. The maximum absolute atomic E-state index is 12.7. The number of aromatic nitrogens is 1. The molecule has 10 heteroatoms. The first kappa shape index (κ1) is 28.1. The van der Waals surface area contributed by atoms with Gasteiger partial charge in [0.15, 0.2) is 17.3 Å². The van der Waals surface area contributed by atoms with Crippen molar-refractivity contribution in [1.29, 1.82) is 0 Å². The van der Waals surface area contributed by atoms with Gasteiger partial charge in [-0.3, -0.25) is 9.78 Å². The van der Waals surface area contributed by atoms with E-state index >= 15 is 0 Å². The summed E-state index contributed by atoms with van der Waals surface area (Å²) in [5.74, 6) is 0.898. The summed E-state index contributed by atoms with van der Waals surface area (Å²) in [4.78, 5) is 16.9. The molecule has 0 saturated heterocycles. The largest absolute Gasteiger partial charge is 0.493 e. The van der Waals surface area contributed by atoms with E-state index in [1.165, 1.54) is 30.3 Å². The number of benzene rings is 3. The summed E-state index contributed by atoms with van der Waals surface area (Å²) in [5.41, 5.74) is 1.99. The second-order valence-corrected chi connectivity index (χ2v) is 10.8. The average molecular weight is 566 g/mol. The van der Waals surface area contributed by atoms with Crippen LogP contribution in [0.1, 0.15) is 22.3 Å². The molecule has 202 valence electrons. The van der Waals surface area contributed by atoms with Gasteiger partial charge in [-0.25, -0.2) is 13.1 Å². The van der Waals surface area contributed by atoms with Gasteiger partial charge in [0.1, 0.15) is 0 Å². The number of carbonyl (C=O) groups excluding carboxylic acids is 1. The van der Waals surface area contributed by atoms with Crippen molar-refractivity contribution >= 4 is 49.9 Å². The lowest BCUT2D eigenvalue weighted by atomic mass is 10.1. The van der Waals surface area contributed by atoms with Crippen molar-refractivity contribution in [2.45, 2.75) is 11.3 Å². The van der Waals surface area contributed by atoms with Crippen LogP contribution in [0.5, 0.6) is 11.5 Å². The maximum Gasteiger partial charge on any atom is 0.240 e. The number of ketones is 1. The van der Waals surface area contributed by atoms with Crippen LogP contribution in [-0.4, -0.2) is 46.5 Å². The number of rotatable bonds is 12. The Morgan fingerprint density at radius 3 is 2.46 bits per heavy atom. The molecule has 0 atom stereocenters. The molecular formula is C29H28ClN3O5S. The number of fused-ring (bicyclic) bond motifs is 1. The van der Waals surface area contributed by atoms with Crippen molar-refractivity contribution in [3.05, 3.63) is 95.3 Å². The van der Waals surface area contributed by atoms with Crippen molar-refractivity contribution in [1.82, 2.24) is 9.71 Å². The molecule has 4 rings (SSSR count). The number of pyridine rings is 1. The molecule has 0 radical (unpaired) electrons. The molecule has 0 spiro atoms. The highest BCUT2D eigenvalue weighted by Crippen LogP contribution is 2.28. The van der Waals surface area contributed by atoms with Gasteiger partial charge in [0.25, 0.3) is 0 Å². The average Bonchev–Trinajstić information content (AvgIpc) is 2.95. The number of sulfonamides is 1. The van der Waals surface area contributed by atoms with E-state index < -0.39 is 10.0 Å². The molecule has 0 aliphatic carbocycles. The molecule has 3 aromatic carbocycles. The van der Waals surface area contributed by atoms with Crippen LogP contribution in [0, 0.1) is 0 Å². The summed E-state index contributed by atoms with van der Waals surface area (Å²) in [5, 5.41) is 5.84. The first-order valence-electron chi connectivity index (χ1n) is 12.1. The number of hydrogen-bond donors (Lipinski definition) is 2. The number of hydrogen-bond acceptors (Lipinski definition) is 7. The van der Waals surface area contributed by atoms with Crippen LogP contribution in [0.15, 0.2) is 84.0 Å². The number of nitrogens with zero attached hydrogens (tertiary/aromatic N) is 1. The van der Waals surface area contributed by atoms with Crippen molar-refractivity contribution < 1.29 is 22.7 Å². The van der Waals surface area contributed by atoms with E-state index in [9.17, 15) is 13.2 Å². The fourth-order valence-corrected chi connectivity index (χ4v) is 5.17. The zero-order valence-electron chi connectivity index (χ0n) is 21.5. The second kappa shape index (κ2) is 12.8. The number of halogens is 1. The van der Waals surface area contributed by atoms with Gasteiger partial charge in [-0.05, 0) is 66.6 Å². The van der Waals surface area contributed by atoms with Gasteiger partial charge >= 0.3 is 0 Å². The molecule has 0 aliphatic heterocycles. The van der Waals surface area contributed by atoms with E-state index in [1.807, 2.05) is 18.2 Å². The van der Waals surface area contributed by atoms with E-state index in [0.717, 1.165) is 22.0 Å². The Labute approximate surface area is 232 Å². The molecule has 0 unspecified atom stereocenters. The third kappa shape index (κ3) is 7.14. The lowest BCUT2D eigenvalue weighted by Gasteiger charge is -2.10. The molecule has 0 aliphatic rings. The van der Waals surface area contributed by atoms with Gasteiger partial charge in [0, 0.05) is 40.6 Å². The van der Waals surface area contributed by atoms with Crippen LogP contribution >= 0.6 is 11.6 Å². The van der Waals surface area contributed by atoms with Gasteiger partial charge in [0.2, 0.25) is 10.0 Å². The minimum absolute atomic E-state index is 0.0889. The van der Waals surface area contributed by atoms with Crippen molar-refractivity contribution in [3.63, 3.8) is 0 Å². The first-order valence-corrected chi connectivity index (χ1v) is 14.0. The minimum Gasteiger partial charge on any atom is -0.493 e. The standard InChI is InChI=1S/C29H28ClN3O5S/c1-37-28-13-5-20(16-29(28)38-2)4-12-27(34)21-6-9-24(10-7-21)39(35,36)33-15-3-14-32-26-19-31-18-22-17-23(30)8-11-25(22)26/h4-13,16-19,32-33H,3,14-15H2,1-2H3/b12-4+. The Morgan fingerprint density at radius 1 is 0.949 bits per heavy atom. The Morgan fingerprint density at radius 2 is 1.72 bits per heavy atom. The van der Waals surface area contributed by atoms with E-state index in [2.05, 4.69) is 15.0 Å². The van der Waals surface area contributed by atoms with Crippen molar-refractivity contribution in [2.24, 2.45) is 0 Å². The molecule has 1 heterocycles. The van der Waals surface area contributed by atoms with E-state index in [1.54, 1.807) is 50.9 Å². The number of nitrogens with one attached hydrogen (secondary N) is 2. The SMILES string of the molecule is COc1ccc(/C=C/C(=O)c2ccc(S(=O)(=O)NCCCNc3cncc4cc(Cl)ccc34)cc2)cc1OC. The summed E-state index contributed by atoms with van der Waals surface area (Å²) in [7, 11) is -0.625. The van der Waals surface area contributed by atoms with Gasteiger partial charge < -0.3 is 14.8 Å². The predicted octanol–water partition coefficient (Wildman–Crippen LogP) is 5.58. The monoisotopic (exact) mass is 565 g/mol. The maximum atomic E-state index is 12.7. The van der Waals surface area contributed by atoms with E-state index in [4.69, 9.17) is 21.1 Å². The van der Waals surface area contributed by atoms with Gasteiger partial charge in [-0.15, -0.1) is 0 Å². The molecule has 8 nitrogen and oxygen atoms in total. The normalized spacial score (nSPS) is 11.6. The van der Waals surface area contributed by atoms with Gasteiger partial charge in [-0.1, -0.05) is 29.8 Å². The molecule has 0 fully saturated rings. The minimum atomic E-state index is -3.72. The van der Waals surface area contributed by atoms with Crippen molar-refractivity contribution in [2.75, 3.05) is 32.6 Å². The first-order chi connectivity index (χ1) is 18.8. The molecule has 0 saturated carbocycles. The molecule has 4 aromatic rings. The third-order valence-electron chi connectivity index (χ3n) is 5.97. The Bertz CT molecular complexity index is 1610. The Hall–Kier alpha value is -3.92. The molecule has 1 aromatic heterocycles.